The van der Waals surface area contributed by atoms with Gasteiger partial charge in [-0.2, -0.15) is 0 Å². The summed E-state index contributed by atoms with van der Waals surface area (Å²) < 4.78 is 5.08. The highest BCUT2D eigenvalue weighted by atomic mass is 15.2. The Hall–Kier alpha value is -10.1. The van der Waals surface area contributed by atoms with Crippen molar-refractivity contribution < 1.29 is 0 Å². The third kappa shape index (κ3) is 10.5. The fraction of sp³-hybridized carbons (Fsp3) is 0.217. The van der Waals surface area contributed by atoms with E-state index in [0.29, 0.717) is 0 Å². The maximum Gasteiger partial charge on any atom is 0.252 e. The van der Waals surface area contributed by atoms with Crippen molar-refractivity contribution in [2.24, 2.45) is 0 Å². The number of fused-ring (bicyclic) bond motifs is 10. The molecule has 0 fully saturated rings. The van der Waals surface area contributed by atoms with Crippen molar-refractivity contribution in [2.75, 3.05) is 9.80 Å². The lowest BCUT2D eigenvalue weighted by molar-refractivity contribution is 0.590. The predicted molar refractivity (Wildman–Crippen MR) is 419 cm³/mol. The van der Waals surface area contributed by atoms with Crippen LogP contribution in [-0.4, -0.2) is 15.8 Å². The van der Waals surface area contributed by atoms with Gasteiger partial charge in [-0.25, -0.2) is 0 Å². The molecule has 4 heterocycles. The first-order valence-electron chi connectivity index (χ1n) is 34.9. The zero-order valence-electron chi connectivity index (χ0n) is 59.1. The van der Waals surface area contributed by atoms with Crippen LogP contribution in [-0.2, 0) is 27.1 Å². The van der Waals surface area contributed by atoms with Gasteiger partial charge >= 0.3 is 0 Å². The maximum absolute atomic E-state index is 2.60. The lowest BCUT2D eigenvalue weighted by Crippen LogP contribution is -2.61. The second-order valence-electron chi connectivity index (χ2n) is 32.8. The summed E-state index contributed by atoms with van der Waals surface area (Å²) in [5.41, 5.74) is 31.2. The molecule has 2 aromatic heterocycles. The standard InChI is InChI=1S/C92H87BN4/c1-88(2,3)64-32-26-62(27-33-64)63-50-85-87-86(51-63)95(70-40-30-61(31-41-70)59-24-20-17-21-25-59)84-57-72(97-81-48-36-67(91(10,11)12)54-75(81)76-55-68(92(13,14)15)37-49-82(76)97)43-45-78(84)93(87)77-44-42-71(56-83(77)94(85)69-38-28-60(29-39-69)58-22-18-16-19-23-58)96-79-46-34-65(89(4,5)6)52-73(79)74-53-66(90(7,8)9)35-47-80(74)96/h16-57H,1-15H3. The fourth-order valence-corrected chi connectivity index (χ4v) is 15.5. The molecular formula is C92H87BN4. The summed E-state index contributed by atoms with van der Waals surface area (Å²) in [6.07, 6.45) is 0. The molecule has 14 aromatic rings. The van der Waals surface area contributed by atoms with Gasteiger partial charge in [0, 0.05) is 67.0 Å². The van der Waals surface area contributed by atoms with E-state index in [1.165, 1.54) is 116 Å². The molecule has 0 saturated carbocycles. The van der Waals surface area contributed by atoms with Crippen LogP contribution in [0, 0.1) is 0 Å². The van der Waals surface area contributed by atoms with Gasteiger partial charge in [-0.3, -0.25) is 0 Å². The monoisotopic (exact) mass is 1260 g/mol. The predicted octanol–water partition coefficient (Wildman–Crippen LogP) is 23.5. The van der Waals surface area contributed by atoms with Crippen LogP contribution in [0.5, 0.6) is 0 Å². The first-order valence-corrected chi connectivity index (χ1v) is 34.9. The number of hydrogen-bond donors (Lipinski definition) is 0. The Bertz CT molecular complexity index is 4990. The van der Waals surface area contributed by atoms with Crippen molar-refractivity contribution in [3.8, 4) is 44.8 Å². The van der Waals surface area contributed by atoms with Gasteiger partial charge in [0.05, 0.1) is 22.1 Å². The summed E-state index contributed by atoms with van der Waals surface area (Å²) in [4.78, 5) is 5.20. The molecule has 0 radical (unpaired) electrons. The molecule has 0 amide bonds. The highest BCUT2D eigenvalue weighted by molar-refractivity contribution is 7.00. The maximum atomic E-state index is 2.60. The van der Waals surface area contributed by atoms with Crippen LogP contribution in [0.2, 0.25) is 0 Å². The quantitative estimate of drug-likeness (QED) is 0.148. The molecule has 5 heteroatoms. The van der Waals surface area contributed by atoms with E-state index < -0.39 is 0 Å². The van der Waals surface area contributed by atoms with Crippen LogP contribution in [0.15, 0.2) is 255 Å². The van der Waals surface area contributed by atoms with Crippen LogP contribution in [0.4, 0.5) is 34.1 Å². The lowest BCUT2D eigenvalue weighted by Gasteiger charge is -2.44. The second kappa shape index (κ2) is 22.2. The molecule has 4 nitrogen and oxygen atoms in total. The summed E-state index contributed by atoms with van der Waals surface area (Å²) in [7, 11) is 0. The molecule has 0 spiro atoms. The van der Waals surface area contributed by atoms with Crippen molar-refractivity contribution in [1.29, 1.82) is 0 Å². The number of aromatic nitrogens is 2. The van der Waals surface area contributed by atoms with E-state index in [1.807, 2.05) is 0 Å². The Kier molecular flexibility index (Phi) is 14.2. The van der Waals surface area contributed by atoms with Crippen LogP contribution < -0.4 is 26.2 Å². The molecule has 16 rings (SSSR count). The molecule has 2 aliphatic rings. The second-order valence-corrected chi connectivity index (χ2v) is 32.8. The third-order valence-corrected chi connectivity index (χ3v) is 21.1. The van der Waals surface area contributed by atoms with Gasteiger partial charge in [0.1, 0.15) is 0 Å². The Balaban J connectivity index is 1.00. The Morgan fingerprint density at radius 1 is 0.227 bits per heavy atom. The normalized spacial score (nSPS) is 13.5. The van der Waals surface area contributed by atoms with E-state index in [9.17, 15) is 0 Å². The van der Waals surface area contributed by atoms with Gasteiger partial charge in [-0.15, -0.1) is 0 Å². The van der Waals surface area contributed by atoms with E-state index in [4.69, 9.17) is 0 Å². The average Bonchev–Trinajstić information content (AvgIpc) is 0.895. The molecule has 12 aromatic carbocycles. The van der Waals surface area contributed by atoms with Gasteiger partial charge in [0.2, 0.25) is 0 Å². The summed E-state index contributed by atoms with van der Waals surface area (Å²) in [5.74, 6) is 0. The molecule has 0 aliphatic carbocycles. The molecule has 0 saturated heterocycles. The van der Waals surface area contributed by atoms with Gasteiger partial charge in [-0.05, 0) is 214 Å². The van der Waals surface area contributed by atoms with E-state index in [1.54, 1.807) is 0 Å². The van der Waals surface area contributed by atoms with Crippen LogP contribution in [0.3, 0.4) is 0 Å². The van der Waals surface area contributed by atoms with Crippen LogP contribution in [0.25, 0.3) is 88.4 Å². The number of anilines is 6. The van der Waals surface area contributed by atoms with Crippen LogP contribution >= 0.6 is 0 Å². The third-order valence-electron chi connectivity index (χ3n) is 21.1. The first-order chi connectivity index (χ1) is 46.2. The van der Waals surface area contributed by atoms with Gasteiger partial charge in [0.15, 0.2) is 0 Å². The van der Waals surface area contributed by atoms with Crippen LogP contribution in [0.1, 0.15) is 132 Å². The summed E-state index contributed by atoms with van der Waals surface area (Å²) >= 11 is 0. The van der Waals surface area contributed by atoms with Gasteiger partial charge in [0.25, 0.3) is 6.71 Å². The zero-order valence-corrected chi connectivity index (χ0v) is 59.1. The molecular weight excluding hydrogens is 1170 g/mol. The number of benzene rings is 12. The Morgan fingerprint density at radius 3 is 0.825 bits per heavy atom. The van der Waals surface area contributed by atoms with Crippen molar-refractivity contribution in [3.05, 3.63) is 283 Å². The zero-order chi connectivity index (χ0) is 67.4. The summed E-state index contributed by atoms with van der Waals surface area (Å²) in [5, 5.41) is 5.10. The van der Waals surface area contributed by atoms with Crippen molar-refractivity contribution in [1.82, 2.24) is 9.13 Å². The highest BCUT2D eigenvalue weighted by Crippen LogP contribution is 2.49. The minimum absolute atomic E-state index is 0.0118. The molecule has 97 heavy (non-hydrogen) atoms. The fourth-order valence-electron chi connectivity index (χ4n) is 15.5. The first kappa shape index (κ1) is 61.8. The summed E-state index contributed by atoms with van der Waals surface area (Å²) in [6, 6.07) is 98.3. The topological polar surface area (TPSA) is 16.3 Å². The van der Waals surface area contributed by atoms with E-state index in [-0.39, 0.29) is 33.8 Å². The van der Waals surface area contributed by atoms with E-state index in [2.05, 4.69) is 378 Å². The number of nitrogens with zero attached hydrogens (tertiary/aromatic N) is 4. The van der Waals surface area contributed by atoms with Crippen molar-refractivity contribution in [2.45, 2.75) is 131 Å². The molecule has 0 unspecified atom stereocenters. The highest BCUT2D eigenvalue weighted by Gasteiger charge is 2.44. The largest absolute Gasteiger partial charge is 0.311 e. The number of hydrogen-bond acceptors (Lipinski definition) is 2. The Morgan fingerprint density at radius 2 is 0.505 bits per heavy atom. The summed E-state index contributed by atoms with van der Waals surface area (Å²) in [6.45, 7) is 34.7. The van der Waals surface area contributed by atoms with E-state index >= 15 is 0 Å². The van der Waals surface area contributed by atoms with Crippen molar-refractivity contribution in [3.63, 3.8) is 0 Å². The Labute approximate surface area is 574 Å². The number of rotatable bonds is 7. The SMILES string of the molecule is CC(C)(C)c1ccc(-c2cc3c4c(c2)N(c2ccc(-c5ccccc5)cc2)c2cc(-n5c6ccc(C(C)(C)C)cc6c6cc(C(C)(C)C)ccc65)ccc2B4c2ccc(-n4c5ccc(C(C)(C)C)cc5c5cc(C(C)(C)C)ccc54)cc2N3c2ccc(-c3ccccc3)cc2)cc1. The molecule has 0 bridgehead atoms. The van der Waals surface area contributed by atoms with E-state index in [0.717, 1.165) is 51.1 Å². The van der Waals surface area contributed by atoms with Crippen molar-refractivity contribution >= 4 is 101 Å². The average molecular weight is 1260 g/mol. The molecule has 0 N–H and O–H groups in total. The van der Waals surface area contributed by atoms with Gasteiger partial charge < -0.3 is 18.9 Å². The van der Waals surface area contributed by atoms with Gasteiger partial charge in [-0.1, -0.05) is 249 Å². The minimum atomic E-state index is -0.154. The molecule has 478 valence electrons. The smallest absolute Gasteiger partial charge is 0.252 e. The minimum Gasteiger partial charge on any atom is -0.311 e. The molecule has 2 aliphatic heterocycles. The lowest BCUT2D eigenvalue weighted by atomic mass is 9.33. The molecule has 0 atom stereocenters.